The van der Waals surface area contributed by atoms with Crippen molar-refractivity contribution >= 4 is 6.29 Å². The molecular formula is C34H70N2O. The van der Waals surface area contributed by atoms with Gasteiger partial charge in [-0.1, -0.05) is 131 Å². The Morgan fingerprint density at radius 2 is 1.03 bits per heavy atom. The van der Waals surface area contributed by atoms with Gasteiger partial charge in [-0.15, -0.1) is 0 Å². The molecule has 0 spiro atoms. The number of hydrogen-bond donors (Lipinski definition) is 0. The van der Waals surface area contributed by atoms with Gasteiger partial charge < -0.3 is 14.6 Å². The topological polar surface area (TPSA) is 23.6 Å². The first kappa shape index (κ1) is 38.3. The van der Waals surface area contributed by atoms with Gasteiger partial charge in [0.1, 0.15) is 6.29 Å². The van der Waals surface area contributed by atoms with Crippen LogP contribution in [0.5, 0.6) is 0 Å². The summed E-state index contributed by atoms with van der Waals surface area (Å²) in [6.07, 6.45) is 30.1. The van der Waals surface area contributed by atoms with Crippen molar-refractivity contribution in [3.05, 3.63) is 12.3 Å². The molecule has 0 aromatic rings. The summed E-state index contributed by atoms with van der Waals surface area (Å²) in [4.78, 5) is 14.0. The van der Waals surface area contributed by atoms with Gasteiger partial charge in [0.2, 0.25) is 0 Å². The number of carbonyl (C=O) groups excluding carboxylic acids is 1. The van der Waals surface area contributed by atoms with E-state index in [-0.39, 0.29) is 0 Å². The molecular weight excluding hydrogens is 452 g/mol. The van der Waals surface area contributed by atoms with Crippen LogP contribution in [0.2, 0.25) is 0 Å². The molecule has 3 heteroatoms. The van der Waals surface area contributed by atoms with E-state index in [9.17, 15) is 0 Å². The molecule has 222 valence electrons. The standard InChI is InChI=1S/C26H54N2.C6H12.C2H4O/c1-6-10-12-13-16-19-23-27(9-4)24-20-17-14-15-18-21-26(5)28(22-8-3)25-11-7-2;1-2-4-6-5-3-1;1-2-3/h5-25H2,1-4H3;1-6H2;2H,1H3. The van der Waals surface area contributed by atoms with Crippen molar-refractivity contribution in [2.75, 3.05) is 32.7 Å². The fourth-order valence-corrected chi connectivity index (χ4v) is 5.00. The lowest BCUT2D eigenvalue weighted by molar-refractivity contribution is -0.106. The van der Waals surface area contributed by atoms with E-state index in [0.29, 0.717) is 0 Å². The number of rotatable bonds is 22. The van der Waals surface area contributed by atoms with Crippen molar-refractivity contribution in [2.24, 2.45) is 0 Å². The number of allylic oxidation sites excluding steroid dienone is 1. The van der Waals surface area contributed by atoms with Crippen molar-refractivity contribution in [3.8, 4) is 0 Å². The van der Waals surface area contributed by atoms with Crippen LogP contribution >= 0.6 is 0 Å². The molecule has 0 radical (unpaired) electrons. The SMILES string of the molecule is C1CCCCC1.C=C(CCCCCCCN(CC)CCCCCCCC)N(CCC)CCCC.CC=O. The molecule has 0 aromatic heterocycles. The second-order valence-corrected chi connectivity index (χ2v) is 11.0. The summed E-state index contributed by atoms with van der Waals surface area (Å²) in [7, 11) is 0. The van der Waals surface area contributed by atoms with Crippen molar-refractivity contribution in [1.29, 1.82) is 0 Å². The van der Waals surface area contributed by atoms with Crippen LogP contribution in [0.4, 0.5) is 0 Å². The van der Waals surface area contributed by atoms with Crippen LogP contribution in [-0.4, -0.2) is 48.8 Å². The van der Waals surface area contributed by atoms with Gasteiger partial charge in [0.25, 0.3) is 0 Å². The molecule has 1 fully saturated rings. The Hall–Kier alpha value is -0.830. The Kier molecular flexibility index (Phi) is 34.4. The smallest absolute Gasteiger partial charge is 0.116 e. The number of carbonyl (C=O) groups is 1. The van der Waals surface area contributed by atoms with Gasteiger partial charge in [0, 0.05) is 18.8 Å². The first-order valence-electron chi connectivity index (χ1n) is 16.7. The van der Waals surface area contributed by atoms with E-state index in [1.165, 1.54) is 180 Å². The largest absolute Gasteiger partial charge is 0.375 e. The van der Waals surface area contributed by atoms with Crippen molar-refractivity contribution in [2.45, 2.75) is 169 Å². The lowest BCUT2D eigenvalue weighted by Crippen LogP contribution is -2.25. The summed E-state index contributed by atoms with van der Waals surface area (Å²) in [5, 5.41) is 0. The Balaban J connectivity index is 0. The van der Waals surface area contributed by atoms with Crippen molar-refractivity contribution in [1.82, 2.24) is 9.80 Å². The zero-order valence-electron chi connectivity index (χ0n) is 26.5. The molecule has 1 aliphatic rings. The van der Waals surface area contributed by atoms with Crippen LogP contribution in [0.1, 0.15) is 169 Å². The highest BCUT2D eigenvalue weighted by Crippen LogP contribution is 2.16. The third kappa shape index (κ3) is 29.6. The highest BCUT2D eigenvalue weighted by molar-refractivity contribution is 5.44. The normalized spacial score (nSPS) is 12.8. The molecule has 0 saturated heterocycles. The maximum atomic E-state index is 8.81. The fourth-order valence-electron chi connectivity index (χ4n) is 5.00. The molecule has 0 amide bonds. The third-order valence-electron chi connectivity index (χ3n) is 7.44. The highest BCUT2D eigenvalue weighted by Gasteiger charge is 2.06. The zero-order chi connectivity index (χ0) is 27.8. The van der Waals surface area contributed by atoms with E-state index < -0.39 is 0 Å². The van der Waals surface area contributed by atoms with Gasteiger partial charge >= 0.3 is 0 Å². The molecule has 0 unspecified atom stereocenters. The second-order valence-electron chi connectivity index (χ2n) is 11.0. The van der Waals surface area contributed by atoms with Crippen LogP contribution in [0.25, 0.3) is 0 Å². The van der Waals surface area contributed by atoms with E-state index in [0.717, 1.165) is 6.29 Å². The highest BCUT2D eigenvalue weighted by atomic mass is 16.1. The van der Waals surface area contributed by atoms with Gasteiger partial charge in [-0.05, 0) is 65.1 Å². The predicted molar refractivity (Wildman–Crippen MR) is 169 cm³/mol. The van der Waals surface area contributed by atoms with E-state index >= 15 is 0 Å². The number of nitrogens with zero attached hydrogens (tertiary/aromatic N) is 2. The Morgan fingerprint density at radius 3 is 1.46 bits per heavy atom. The Morgan fingerprint density at radius 1 is 0.595 bits per heavy atom. The summed E-state index contributed by atoms with van der Waals surface area (Å²) in [5.41, 5.74) is 1.38. The lowest BCUT2D eigenvalue weighted by Gasteiger charge is -2.26. The summed E-state index contributed by atoms with van der Waals surface area (Å²) < 4.78 is 0. The summed E-state index contributed by atoms with van der Waals surface area (Å²) in [5.74, 6) is 0. The van der Waals surface area contributed by atoms with Crippen molar-refractivity contribution < 1.29 is 4.79 Å². The first-order chi connectivity index (χ1) is 18.1. The molecule has 1 saturated carbocycles. The second kappa shape index (κ2) is 33.2. The van der Waals surface area contributed by atoms with Gasteiger partial charge in [0.15, 0.2) is 0 Å². The molecule has 1 aliphatic carbocycles. The zero-order valence-corrected chi connectivity index (χ0v) is 26.5. The quantitative estimate of drug-likeness (QED) is 0.104. The fraction of sp³-hybridized carbons (Fsp3) is 0.912. The van der Waals surface area contributed by atoms with Gasteiger partial charge in [-0.3, -0.25) is 0 Å². The van der Waals surface area contributed by atoms with E-state index in [4.69, 9.17) is 4.79 Å². The first-order valence-corrected chi connectivity index (χ1v) is 16.7. The molecule has 0 heterocycles. The van der Waals surface area contributed by atoms with Crippen LogP contribution in [-0.2, 0) is 4.79 Å². The van der Waals surface area contributed by atoms with E-state index in [1.807, 2.05) is 0 Å². The predicted octanol–water partition coefficient (Wildman–Crippen LogP) is 10.6. The minimum Gasteiger partial charge on any atom is -0.375 e. The minimum absolute atomic E-state index is 0.750. The molecule has 1 rings (SSSR count). The van der Waals surface area contributed by atoms with Gasteiger partial charge in [-0.25, -0.2) is 0 Å². The van der Waals surface area contributed by atoms with E-state index in [1.54, 1.807) is 0 Å². The monoisotopic (exact) mass is 523 g/mol. The average molecular weight is 523 g/mol. The summed E-state index contributed by atoms with van der Waals surface area (Å²) >= 11 is 0. The van der Waals surface area contributed by atoms with E-state index in [2.05, 4.69) is 44.1 Å². The van der Waals surface area contributed by atoms with Gasteiger partial charge in [0.05, 0.1) is 0 Å². The summed E-state index contributed by atoms with van der Waals surface area (Å²) in [6, 6.07) is 0. The molecule has 0 N–H and O–H groups in total. The third-order valence-corrected chi connectivity index (χ3v) is 7.44. The number of unbranched alkanes of at least 4 members (excludes halogenated alkanes) is 10. The van der Waals surface area contributed by atoms with Gasteiger partial charge in [-0.2, -0.15) is 0 Å². The maximum Gasteiger partial charge on any atom is 0.116 e. The lowest BCUT2D eigenvalue weighted by atomic mass is 10.0. The Bertz CT molecular complexity index is 436. The molecule has 0 aromatic carbocycles. The average Bonchev–Trinajstić information content (AvgIpc) is 2.92. The maximum absolute atomic E-state index is 8.81. The molecule has 0 atom stereocenters. The van der Waals surface area contributed by atoms with Crippen LogP contribution < -0.4 is 0 Å². The van der Waals surface area contributed by atoms with Crippen LogP contribution in [0, 0.1) is 0 Å². The number of aldehydes is 1. The molecule has 0 bridgehead atoms. The molecule has 3 nitrogen and oxygen atoms in total. The minimum atomic E-state index is 0.750. The Labute approximate surface area is 235 Å². The van der Waals surface area contributed by atoms with Crippen LogP contribution in [0.3, 0.4) is 0 Å². The van der Waals surface area contributed by atoms with Crippen LogP contribution in [0.15, 0.2) is 12.3 Å². The molecule has 37 heavy (non-hydrogen) atoms. The summed E-state index contributed by atoms with van der Waals surface area (Å²) in [6.45, 7) is 21.2. The number of hydrogen-bond acceptors (Lipinski definition) is 3. The molecule has 0 aliphatic heterocycles. The van der Waals surface area contributed by atoms with Crippen molar-refractivity contribution in [3.63, 3.8) is 0 Å².